The first-order chi connectivity index (χ1) is 14.3. The lowest BCUT2D eigenvalue weighted by atomic mass is 9.92. The summed E-state index contributed by atoms with van der Waals surface area (Å²) in [6, 6.07) is 5.00. The molecule has 0 aromatic heterocycles. The summed E-state index contributed by atoms with van der Waals surface area (Å²) in [6.45, 7) is 1.22. The van der Waals surface area contributed by atoms with E-state index in [0.717, 1.165) is 49.1 Å². The number of nitrogens with one attached hydrogen (secondary N) is 1. The summed E-state index contributed by atoms with van der Waals surface area (Å²) in [5.41, 5.74) is -0.0533. The Balaban J connectivity index is 1.53. The van der Waals surface area contributed by atoms with E-state index in [0.29, 0.717) is 5.56 Å². The van der Waals surface area contributed by atoms with Crippen molar-refractivity contribution in [3.8, 4) is 0 Å². The van der Waals surface area contributed by atoms with Crippen LogP contribution in [-0.4, -0.2) is 45.2 Å². The maximum absolute atomic E-state index is 13.1. The number of carbonyl (C=O) groups excluding carboxylic acids is 3. The second-order valence-electron chi connectivity index (χ2n) is 8.19. The quantitative estimate of drug-likeness (QED) is 0.439. The molecule has 0 spiro atoms. The van der Waals surface area contributed by atoms with E-state index >= 15 is 0 Å². The van der Waals surface area contributed by atoms with Crippen LogP contribution in [0.5, 0.6) is 0 Å². The molecule has 9 heteroatoms. The molecule has 4 amide bonds. The zero-order chi connectivity index (χ0) is 21.5. The summed E-state index contributed by atoms with van der Waals surface area (Å²) in [5.74, 6) is -0.787. The summed E-state index contributed by atoms with van der Waals surface area (Å²) in [5, 5.41) is 13.5. The Morgan fingerprint density at radius 2 is 1.97 bits per heavy atom. The fourth-order valence-corrected chi connectivity index (χ4v) is 4.14. The fraction of sp³-hybridized carbons (Fsp3) is 0.476. The molecule has 0 radical (unpaired) electrons. The minimum absolute atomic E-state index is 0.105. The van der Waals surface area contributed by atoms with E-state index in [1.54, 1.807) is 11.8 Å². The number of rotatable bonds is 6. The number of imide groups is 1. The van der Waals surface area contributed by atoms with Crippen LogP contribution in [0.25, 0.3) is 0 Å². The molecule has 1 saturated heterocycles. The molecule has 1 aliphatic heterocycles. The highest BCUT2D eigenvalue weighted by molar-refractivity contribution is 6.09. The highest BCUT2D eigenvalue weighted by Crippen LogP contribution is 2.35. The van der Waals surface area contributed by atoms with Crippen LogP contribution >= 0.6 is 0 Å². The van der Waals surface area contributed by atoms with Gasteiger partial charge in [-0.15, -0.1) is 0 Å². The van der Waals surface area contributed by atoms with Gasteiger partial charge < -0.3 is 10.2 Å². The van der Waals surface area contributed by atoms with Crippen LogP contribution in [0.1, 0.15) is 51.0 Å². The molecule has 4 rings (SSSR count). The van der Waals surface area contributed by atoms with Gasteiger partial charge in [0, 0.05) is 23.9 Å². The Kier molecular flexibility index (Phi) is 5.05. The Hall–Kier alpha value is -3.23. The van der Waals surface area contributed by atoms with E-state index in [2.05, 4.69) is 11.4 Å². The standard InChI is InChI=1S/C21H24N4O5/c1-21(14-7-9-17(10-8-14)25(29)30)19(27)23(20(28)22-21)13-18(26)24(16-11-12-16)15-5-3-2-4-6-15/h5,7-10,16H,2-4,6,11-13H2,1H3,(H,22,28)/t21-/m1/s1. The van der Waals surface area contributed by atoms with E-state index < -0.39 is 22.4 Å². The predicted molar refractivity (Wildman–Crippen MR) is 107 cm³/mol. The van der Waals surface area contributed by atoms with Gasteiger partial charge in [0.05, 0.1) is 4.92 Å². The van der Waals surface area contributed by atoms with Gasteiger partial charge in [-0.25, -0.2) is 4.79 Å². The van der Waals surface area contributed by atoms with E-state index in [1.165, 1.54) is 24.3 Å². The summed E-state index contributed by atoms with van der Waals surface area (Å²) in [6.07, 6.45) is 7.87. The first kappa shape index (κ1) is 20.1. The molecule has 1 saturated carbocycles. The average Bonchev–Trinajstić information content (AvgIpc) is 3.54. The van der Waals surface area contributed by atoms with Crippen molar-refractivity contribution >= 4 is 23.5 Å². The largest absolute Gasteiger partial charge is 0.325 e. The lowest BCUT2D eigenvalue weighted by molar-refractivity contribution is -0.384. The Bertz CT molecular complexity index is 937. The predicted octanol–water partition coefficient (Wildman–Crippen LogP) is 2.81. The average molecular weight is 412 g/mol. The molecule has 30 heavy (non-hydrogen) atoms. The number of carbonyl (C=O) groups is 3. The first-order valence-corrected chi connectivity index (χ1v) is 10.2. The topological polar surface area (TPSA) is 113 Å². The normalized spacial score (nSPS) is 23.8. The number of allylic oxidation sites excluding steroid dienone is 2. The minimum atomic E-state index is -1.37. The number of benzene rings is 1. The summed E-state index contributed by atoms with van der Waals surface area (Å²) in [7, 11) is 0. The summed E-state index contributed by atoms with van der Waals surface area (Å²) >= 11 is 0. The SMILES string of the molecule is C[C@]1(c2ccc([N+](=O)[O-])cc2)NC(=O)N(CC(=O)N(C2=CCCCC2)C2CC2)C1=O. The van der Waals surface area contributed by atoms with Gasteiger partial charge in [0.25, 0.3) is 11.6 Å². The monoisotopic (exact) mass is 412 g/mol. The summed E-state index contributed by atoms with van der Waals surface area (Å²) < 4.78 is 0. The Morgan fingerprint density at radius 1 is 1.27 bits per heavy atom. The van der Waals surface area contributed by atoms with Crippen LogP contribution in [0.2, 0.25) is 0 Å². The van der Waals surface area contributed by atoms with Gasteiger partial charge in [-0.05, 0) is 63.1 Å². The molecule has 0 bridgehead atoms. The van der Waals surface area contributed by atoms with Crippen LogP contribution in [-0.2, 0) is 15.1 Å². The number of hydrogen-bond acceptors (Lipinski definition) is 5. The van der Waals surface area contributed by atoms with Crippen LogP contribution in [0.15, 0.2) is 36.0 Å². The van der Waals surface area contributed by atoms with Gasteiger partial charge in [-0.2, -0.15) is 0 Å². The van der Waals surface area contributed by atoms with Crippen molar-refractivity contribution in [2.75, 3.05) is 6.54 Å². The molecule has 9 nitrogen and oxygen atoms in total. The second-order valence-corrected chi connectivity index (χ2v) is 8.19. The van der Waals surface area contributed by atoms with Gasteiger partial charge in [0.15, 0.2) is 0 Å². The third kappa shape index (κ3) is 3.55. The van der Waals surface area contributed by atoms with Gasteiger partial charge in [-0.3, -0.25) is 24.6 Å². The Morgan fingerprint density at radius 3 is 2.53 bits per heavy atom. The molecule has 1 atom stereocenters. The van der Waals surface area contributed by atoms with Crippen molar-refractivity contribution in [1.82, 2.24) is 15.1 Å². The first-order valence-electron chi connectivity index (χ1n) is 10.2. The number of non-ortho nitro benzene ring substituents is 1. The van der Waals surface area contributed by atoms with Crippen molar-refractivity contribution in [2.45, 2.75) is 57.0 Å². The van der Waals surface area contributed by atoms with Gasteiger partial charge in [-0.1, -0.05) is 6.08 Å². The van der Waals surface area contributed by atoms with Crippen LogP contribution < -0.4 is 5.32 Å². The number of hydrogen-bond donors (Lipinski definition) is 1. The molecular weight excluding hydrogens is 388 g/mol. The molecule has 1 aromatic carbocycles. The maximum Gasteiger partial charge on any atom is 0.325 e. The minimum Gasteiger partial charge on any atom is -0.319 e. The number of amides is 4. The highest BCUT2D eigenvalue weighted by atomic mass is 16.6. The Labute approximate surface area is 173 Å². The smallest absolute Gasteiger partial charge is 0.319 e. The number of urea groups is 1. The molecule has 1 heterocycles. The zero-order valence-corrected chi connectivity index (χ0v) is 16.8. The maximum atomic E-state index is 13.1. The van der Waals surface area contributed by atoms with Crippen LogP contribution in [0.4, 0.5) is 10.5 Å². The van der Waals surface area contributed by atoms with Crippen LogP contribution in [0, 0.1) is 10.1 Å². The number of nitro groups is 1. The van der Waals surface area contributed by atoms with Crippen molar-refractivity contribution in [1.29, 1.82) is 0 Å². The zero-order valence-electron chi connectivity index (χ0n) is 16.8. The molecule has 0 unspecified atom stereocenters. The number of nitrogens with zero attached hydrogens (tertiary/aromatic N) is 3. The van der Waals surface area contributed by atoms with Gasteiger partial charge >= 0.3 is 6.03 Å². The molecule has 3 aliphatic rings. The van der Waals surface area contributed by atoms with E-state index in [-0.39, 0.29) is 24.2 Å². The van der Waals surface area contributed by atoms with Gasteiger partial charge in [0.1, 0.15) is 12.1 Å². The van der Waals surface area contributed by atoms with Crippen molar-refractivity contribution in [3.63, 3.8) is 0 Å². The van der Waals surface area contributed by atoms with Crippen molar-refractivity contribution in [3.05, 3.63) is 51.7 Å². The highest BCUT2D eigenvalue weighted by Gasteiger charge is 2.50. The van der Waals surface area contributed by atoms with Crippen molar-refractivity contribution in [2.24, 2.45) is 0 Å². The third-order valence-corrected chi connectivity index (χ3v) is 5.98. The third-order valence-electron chi connectivity index (χ3n) is 5.98. The lowest BCUT2D eigenvalue weighted by Crippen LogP contribution is -2.45. The van der Waals surface area contributed by atoms with Crippen molar-refractivity contribution < 1.29 is 19.3 Å². The molecular formula is C21H24N4O5. The molecule has 1 aromatic rings. The fourth-order valence-electron chi connectivity index (χ4n) is 4.14. The van der Waals surface area contributed by atoms with Gasteiger partial charge in [0.2, 0.25) is 5.91 Å². The summed E-state index contributed by atoms with van der Waals surface area (Å²) in [4.78, 5) is 51.8. The molecule has 2 aliphatic carbocycles. The van der Waals surface area contributed by atoms with Crippen LogP contribution in [0.3, 0.4) is 0 Å². The van der Waals surface area contributed by atoms with E-state index in [1.807, 2.05) is 0 Å². The molecule has 1 N–H and O–H groups in total. The van der Waals surface area contributed by atoms with E-state index in [4.69, 9.17) is 0 Å². The molecule has 158 valence electrons. The molecule has 2 fully saturated rings. The number of nitro benzene ring substituents is 1. The lowest BCUT2D eigenvalue weighted by Gasteiger charge is -2.29. The van der Waals surface area contributed by atoms with E-state index in [9.17, 15) is 24.5 Å². The second kappa shape index (κ2) is 7.55.